The molecule has 0 heterocycles. The molecule has 2 heteroatoms. The fraction of sp³-hybridized carbons (Fsp3) is 0.250. The maximum Gasteiger partial charge on any atom is 0.0382 e. The summed E-state index contributed by atoms with van der Waals surface area (Å²) in [6.45, 7) is 5.93. The Balaban J connectivity index is 2.69. The summed E-state index contributed by atoms with van der Waals surface area (Å²) in [6, 6.07) is 6.22. The van der Waals surface area contributed by atoms with Gasteiger partial charge in [0.15, 0.2) is 0 Å². The van der Waals surface area contributed by atoms with Crippen LogP contribution >= 0.6 is 0 Å². The van der Waals surface area contributed by atoms with Crippen LogP contribution in [-0.2, 0) is 0 Å². The summed E-state index contributed by atoms with van der Waals surface area (Å²) < 4.78 is 0. The summed E-state index contributed by atoms with van der Waals surface area (Å²) in [6.07, 6.45) is 3.52. The molecule has 0 aliphatic rings. The van der Waals surface area contributed by atoms with E-state index in [0.717, 1.165) is 5.69 Å². The van der Waals surface area contributed by atoms with Gasteiger partial charge in [-0.2, -0.15) is 0 Å². The van der Waals surface area contributed by atoms with Gasteiger partial charge in [-0.25, -0.2) is 0 Å². The second kappa shape index (κ2) is 4.61. The predicted octanol–water partition coefficient (Wildman–Crippen LogP) is 3.27. The predicted molar refractivity (Wildman–Crippen MR) is 62.1 cm³/mol. The number of nitrogens with one attached hydrogen (secondary N) is 2. The van der Waals surface area contributed by atoms with Crippen LogP contribution in [0, 0.1) is 19.3 Å². The lowest BCUT2D eigenvalue weighted by atomic mass is 10.1. The van der Waals surface area contributed by atoms with Crippen molar-refractivity contribution in [3.05, 3.63) is 41.6 Å². The molecule has 0 saturated heterocycles. The molecule has 14 heavy (non-hydrogen) atoms. The Bertz CT molecular complexity index is 365. The first kappa shape index (κ1) is 10.5. The molecule has 0 amide bonds. The zero-order valence-electron chi connectivity index (χ0n) is 8.89. The van der Waals surface area contributed by atoms with Gasteiger partial charge in [0.05, 0.1) is 0 Å². The summed E-state index contributed by atoms with van der Waals surface area (Å²) in [7, 11) is 0. The average molecular weight is 188 g/mol. The van der Waals surface area contributed by atoms with Gasteiger partial charge in [-0.1, -0.05) is 6.07 Å². The highest BCUT2D eigenvalue weighted by atomic mass is 14.8. The van der Waals surface area contributed by atoms with Crippen molar-refractivity contribution in [3.63, 3.8) is 0 Å². The first-order valence-corrected chi connectivity index (χ1v) is 4.65. The first-order valence-electron chi connectivity index (χ1n) is 4.65. The third-order valence-corrected chi connectivity index (χ3v) is 2.09. The molecule has 0 atom stereocenters. The molecule has 0 aliphatic carbocycles. The van der Waals surface area contributed by atoms with E-state index in [9.17, 15) is 0 Å². The van der Waals surface area contributed by atoms with Crippen molar-refractivity contribution in [1.29, 1.82) is 5.41 Å². The highest BCUT2D eigenvalue weighted by molar-refractivity contribution is 5.90. The highest BCUT2D eigenvalue weighted by Crippen LogP contribution is 2.13. The molecule has 0 unspecified atom stereocenters. The Hall–Kier alpha value is -1.57. The van der Waals surface area contributed by atoms with Gasteiger partial charge in [-0.15, -0.1) is 0 Å². The second-order valence-electron chi connectivity index (χ2n) is 3.46. The van der Waals surface area contributed by atoms with Crippen LogP contribution in [0.15, 0.2) is 30.5 Å². The van der Waals surface area contributed by atoms with E-state index in [0.29, 0.717) is 5.71 Å². The van der Waals surface area contributed by atoms with E-state index in [-0.39, 0.29) is 0 Å². The maximum atomic E-state index is 7.21. The van der Waals surface area contributed by atoms with Crippen molar-refractivity contribution in [2.75, 3.05) is 5.32 Å². The molecule has 0 aromatic heterocycles. The van der Waals surface area contributed by atoms with Crippen LogP contribution in [0.25, 0.3) is 0 Å². The molecule has 0 aliphatic heterocycles. The number of hydrogen-bond acceptors (Lipinski definition) is 2. The van der Waals surface area contributed by atoms with Gasteiger partial charge in [0.1, 0.15) is 0 Å². The number of hydrogen-bond donors (Lipinski definition) is 2. The lowest BCUT2D eigenvalue weighted by Crippen LogP contribution is -1.91. The maximum absolute atomic E-state index is 7.21. The molecule has 0 bridgehead atoms. The minimum atomic E-state index is 0.543. The van der Waals surface area contributed by atoms with Gasteiger partial charge < -0.3 is 10.7 Å². The standard InChI is InChI=1S/C12H16N2/c1-9-4-5-12(8-10(9)2)14-7-6-11(3)13/h4-8,13-14H,1-3H3/b7-6-,13-11?. The molecule has 0 fully saturated rings. The molecule has 2 nitrogen and oxygen atoms in total. The Morgan fingerprint density at radius 2 is 2.00 bits per heavy atom. The second-order valence-corrected chi connectivity index (χ2v) is 3.46. The summed E-state index contributed by atoms with van der Waals surface area (Å²) in [4.78, 5) is 0. The van der Waals surface area contributed by atoms with Crippen molar-refractivity contribution in [2.45, 2.75) is 20.8 Å². The van der Waals surface area contributed by atoms with Crippen LogP contribution in [0.4, 0.5) is 5.69 Å². The van der Waals surface area contributed by atoms with Crippen LogP contribution in [0.5, 0.6) is 0 Å². The Morgan fingerprint density at radius 3 is 2.57 bits per heavy atom. The van der Waals surface area contributed by atoms with Crippen LogP contribution in [0.2, 0.25) is 0 Å². The van der Waals surface area contributed by atoms with Crippen LogP contribution in [0.3, 0.4) is 0 Å². The summed E-state index contributed by atoms with van der Waals surface area (Å²) >= 11 is 0. The Morgan fingerprint density at radius 1 is 1.29 bits per heavy atom. The number of benzene rings is 1. The molecule has 1 rings (SSSR count). The van der Waals surface area contributed by atoms with Crippen molar-refractivity contribution < 1.29 is 0 Å². The normalized spacial score (nSPS) is 10.5. The molecule has 0 radical (unpaired) electrons. The van der Waals surface area contributed by atoms with Gasteiger partial charge in [0.2, 0.25) is 0 Å². The van der Waals surface area contributed by atoms with E-state index in [1.54, 1.807) is 19.2 Å². The number of aryl methyl sites for hydroxylation is 2. The fourth-order valence-electron chi connectivity index (χ4n) is 1.09. The van der Waals surface area contributed by atoms with E-state index in [1.165, 1.54) is 11.1 Å². The quantitative estimate of drug-likeness (QED) is 0.702. The highest BCUT2D eigenvalue weighted by Gasteiger charge is 1.93. The third-order valence-electron chi connectivity index (χ3n) is 2.09. The van der Waals surface area contributed by atoms with Crippen molar-refractivity contribution in [3.8, 4) is 0 Å². The molecular weight excluding hydrogens is 172 g/mol. The van der Waals surface area contributed by atoms with Gasteiger partial charge in [-0.05, 0) is 50.1 Å². The van der Waals surface area contributed by atoms with E-state index in [4.69, 9.17) is 5.41 Å². The van der Waals surface area contributed by atoms with Crippen molar-refractivity contribution in [1.82, 2.24) is 0 Å². The van der Waals surface area contributed by atoms with Gasteiger partial charge >= 0.3 is 0 Å². The largest absolute Gasteiger partial charge is 0.362 e. The van der Waals surface area contributed by atoms with Crippen molar-refractivity contribution in [2.24, 2.45) is 0 Å². The summed E-state index contributed by atoms with van der Waals surface area (Å²) in [5, 5.41) is 10.3. The molecule has 0 saturated carbocycles. The zero-order chi connectivity index (χ0) is 10.6. The average Bonchev–Trinajstić information content (AvgIpc) is 2.10. The Labute approximate surface area is 85.2 Å². The molecule has 2 N–H and O–H groups in total. The van der Waals surface area contributed by atoms with Gasteiger partial charge in [0.25, 0.3) is 0 Å². The van der Waals surface area contributed by atoms with Crippen LogP contribution in [0.1, 0.15) is 18.1 Å². The third kappa shape index (κ3) is 3.05. The summed E-state index contributed by atoms with van der Waals surface area (Å²) in [5.74, 6) is 0. The minimum absolute atomic E-state index is 0.543. The Kier molecular flexibility index (Phi) is 3.46. The van der Waals surface area contributed by atoms with Gasteiger partial charge in [0, 0.05) is 17.6 Å². The number of anilines is 1. The molecule has 0 spiro atoms. The lowest BCUT2D eigenvalue weighted by molar-refractivity contribution is 1.34. The molecule has 1 aromatic carbocycles. The zero-order valence-corrected chi connectivity index (χ0v) is 8.89. The van der Waals surface area contributed by atoms with Crippen molar-refractivity contribution >= 4 is 11.4 Å². The van der Waals surface area contributed by atoms with Gasteiger partial charge in [-0.3, -0.25) is 0 Å². The molecule has 74 valence electrons. The fourth-order valence-corrected chi connectivity index (χ4v) is 1.09. The smallest absolute Gasteiger partial charge is 0.0382 e. The van der Waals surface area contributed by atoms with Crippen LogP contribution < -0.4 is 5.32 Å². The first-order chi connectivity index (χ1) is 6.59. The van der Waals surface area contributed by atoms with E-state index < -0.39 is 0 Å². The number of allylic oxidation sites excluding steroid dienone is 1. The van der Waals surface area contributed by atoms with E-state index >= 15 is 0 Å². The van der Waals surface area contributed by atoms with E-state index in [1.807, 2.05) is 6.07 Å². The number of rotatable bonds is 3. The molecule has 1 aromatic rings. The lowest BCUT2D eigenvalue weighted by Gasteiger charge is -2.04. The topological polar surface area (TPSA) is 35.9 Å². The SMILES string of the molecule is CC(=N)/C=C\Nc1ccc(C)c(C)c1. The van der Waals surface area contributed by atoms with E-state index in [2.05, 4.69) is 31.3 Å². The summed E-state index contributed by atoms with van der Waals surface area (Å²) in [5.41, 5.74) is 4.17. The van der Waals surface area contributed by atoms with Crippen LogP contribution in [-0.4, -0.2) is 5.71 Å². The molecular formula is C12H16N2. The minimum Gasteiger partial charge on any atom is -0.362 e. The monoisotopic (exact) mass is 188 g/mol.